The molecule has 3 aromatic rings. The SMILES string of the molecule is COC(=O)[C@H]1Cc2c([nH]c3ccccc23)[C@@H](c2ccc(F)cc2)N1. The maximum atomic E-state index is 13.3. The average molecular weight is 324 g/mol. The van der Waals surface area contributed by atoms with Gasteiger partial charge in [0.1, 0.15) is 11.9 Å². The third kappa shape index (κ3) is 2.37. The molecule has 4 nitrogen and oxygen atoms in total. The Balaban J connectivity index is 1.86. The van der Waals surface area contributed by atoms with Crippen LogP contribution in [0.3, 0.4) is 0 Å². The lowest BCUT2D eigenvalue weighted by Crippen LogP contribution is -2.45. The number of carbonyl (C=O) groups excluding carboxylic acids is 1. The Morgan fingerprint density at radius 1 is 1.17 bits per heavy atom. The summed E-state index contributed by atoms with van der Waals surface area (Å²) in [5, 5.41) is 4.44. The summed E-state index contributed by atoms with van der Waals surface area (Å²) < 4.78 is 18.2. The minimum atomic E-state index is -0.434. The highest BCUT2D eigenvalue weighted by molar-refractivity contribution is 5.87. The van der Waals surface area contributed by atoms with Crippen LogP contribution in [0.1, 0.15) is 22.9 Å². The second-order valence-corrected chi connectivity index (χ2v) is 5.99. The van der Waals surface area contributed by atoms with Crippen molar-refractivity contribution in [1.29, 1.82) is 0 Å². The molecule has 2 atom stereocenters. The minimum absolute atomic E-state index is 0.217. The summed E-state index contributed by atoms with van der Waals surface area (Å²) >= 11 is 0. The highest BCUT2D eigenvalue weighted by Crippen LogP contribution is 2.35. The predicted octanol–water partition coefficient (Wildman–Crippen LogP) is 3.08. The van der Waals surface area contributed by atoms with Crippen LogP contribution < -0.4 is 5.32 Å². The molecule has 0 aliphatic carbocycles. The molecule has 2 N–H and O–H groups in total. The van der Waals surface area contributed by atoms with Gasteiger partial charge in [0.25, 0.3) is 0 Å². The largest absolute Gasteiger partial charge is 0.468 e. The topological polar surface area (TPSA) is 54.1 Å². The number of hydrogen-bond acceptors (Lipinski definition) is 3. The molecule has 0 fully saturated rings. The molecule has 2 aromatic carbocycles. The molecule has 1 aliphatic rings. The maximum absolute atomic E-state index is 13.3. The summed E-state index contributed by atoms with van der Waals surface area (Å²) in [4.78, 5) is 15.6. The first kappa shape index (κ1) is 14.9. The third-order valence-corrected chi connectivity index (χ3v) is 4.60. The molecule has 24 heavy (non-hydrogen) atoms. The number of fused-ring (bicyclic) bond motifs is 3. The van der Waals surface area contributed by atoms with Gasteiger partial charge < -0.3 is 9.72 Å². The van der Waals surface area contributed by atoms with Crippen LogP contribution in [-0.4, -0.2) is 24.1 Å². The monoisotopic (exact) mass is 324 g/mol. The van der Waals surface area contributed by atoms with Crippen LogP contribution in [0.4, 0.5) is 4.39 Å². The van der Waals surface area contributed by atoms with Crippen molar-refractivity contribution in [3.05, 3.63) is 71.2 Å². The summed E-state index contributed by atoms with van der Waals surface area (Å²) in [6, 6.07) is 13.7. The van der Waals surface area contributed by atoms with Crippen LogP contribution >= 0.6 is 0 Å². The fourth-order valence-electron chi connectivity index (χ4n) is 3.45. The van der Waals surface area contributed by atoms with E-state index in [0.717, 1.165) is 27.7 Å². The van der Waals surface area contributed by atoms with Crippen LogP contribution in [0.15, 0.2) is 48.5 Å². The van der Waals surface area contributed by atoms with Crippen LogP contribution in [0.2, 0.25) is 0 Å². The van der Waals surface area contributed by atoms with Crippen LogP contribution in [0.5, 0.6) is 0 Å². The molecule has 4 rings (SSSR count). The first-order valence-electron chi connectivity index (χ1n) is 7.86. The maximum Gasteiger partial charge on any atom is 0.323 e. The van der Waals surface area contributed by atoms with Gasteiger partial charge in [0.05, 0.1) is 13.2 Å². The molecule has 0 amide bonds. The molecule has 0 bridgehead atoms. The summed E-state index contributed by atoms with van der Waals surface area (Å²) in [6.45, 7) is 0. The molecule has 2 heterocycles. The summed E-state index contributed by atoms with van der Waals surface area (Å²) in [7, 11) is 1.39. The van der Waals surface area contributed by atoms with Gasteiger partial charge in [-0.15, -0.1) is 0 Å². The number of hydrogen-bond donors (Lipinski definition) is 2. The number of aromatic amines is 1. The lowest BCUT2D eigenvalue weighted by molar-refractivity contribution is -0.143. The predicted molar refractivity (Wildman–Crippen MR) is 89.2 cm³/mol. The van der Waals surface area contributed by atoms with E-state index in [4.69, 9.17) is 4.74 Å². The summed E-state index contributed by atoms with van der Waals surface area (Å²) in [5.74, 6) is -0.575. The number of carbonyl (C=O) groups is 1. The number of halogens is 1. The third-order valence-electron chi connectivity index (χ3n) is 4.60. The van der Waals surface area contributed by atoms with Crippen molar-refractivity contribution in [1.82, 2.24) is 10.3 Å². The van der Waals surface area contributed by atoms with Crippen LogP contribution in [0, 0.1) is 5.82 Å². The zero-order chi connectivity index (χ0) is 16.7. The van der Waals surface area contributed by atoms with Gasteiger partial charge >= 0.3 is 5.97 Å². The van der Waals surface area contributed by atoms with Crippen molar-refractivity contribution in [2.75, 3.05) is 7.11 Å². The van der Waals surface area contributed by atoms with E-state index in [9.17, 15) is 9.18 Å². The van der Waals surface area contributed by atoms with Gasteiger partial charge in [-0.3, -0.25) is 10.1 Å². The number of rotatable bonds is 2. The fourth-order valence-corrected chi connectivity index (χ4v) is 3.45. The summed E-state index contributed by atoms with van der Waals surface area (Å²) in [6.07, 6.45) is 0.559. The second kappa shape index (κ2) is 5.76. The Bertz CT molecular complexity index is 901. The van der Waals surface area contributed by atoms with E-state index < -0.39 is 6.04 Å². The fraction of sp³-hybridized carbons (Fsp3) is 0.211. The number of methoxy groups -OCH3 is 1. The normalized spacial score (nSPS) is 19.9. The zero-order valence-electron chi connectivity index (χ0n) is 13.2. The molecular formula is C19H17FN2O2. The first-order valence-corrected chi connectivity index (χ1v) is 7.86. The Labute approximate surface area is 138 Å². The summed E-state index contributed by atoms with van der Waals surface area (Å²) in [5.41, 5.74) is 4.05. The smallest absolute Gasteiger partial charge is 0.323 e. The number of para-hydroxylation sites is 1. The molecule has 0 unspecified atom stereocenters. The molecule has 0 saturated heterocycles. The highest BCUT2D eigenvalue weighted by atomic mass is 19.1. The van der Waals surface area contributed by atoms with Gasteiger partial charge in [-0.1, -0.05) is 30.3 Å². The standard InChI is InChI=1S/C19H17FN2O2/c1-24-19(23)16-10-14-13-4-2-3-5-15(13)21-18(14)17(22-16)11-6-8-12(20)9-7-11/h2-9,16-17,21-22H,10H2,1H3/t16-,17-/m1/s1. The zero-order valence-corrected chi connectivity index (χ0v) is 13.2. The lowest BCUT2D eigenvalue weighted by Gasteiger charge is -2.30. The molecule has 122 valence electrons. The van der Waals surface area contributed by atoms with Crippen molar-refractivity contribution < 1.29 is 13.9 Å². The molecule has 1 aliphatic heterocycles. The average Bonchev–Trinajstić information content (AvgIpc) is 2.99. The highest BCUT2D eigenvalue weighted by Gasteiger charge is 2.34. The van der Waals surface area contributed by atoms with Crippen molar-refractivity contribution in [3.63, 3.8) is 0 Å². The van der Waals surface area contributed by atoms with E-state index in [1.165, 1.54) is 19.2 Å². The van der Waals surface area contributed by atoms with E-state index >= 15 is 0 Å². The minimum Gasteiger partial charge on any atom is -0.468 e. The van der Waals surface area contributed by atoms with Crippen LogP contribution in [-0.2, 0) is 16.0 Å². The number of benzene rings is 2. The van der Waals surface area contributed by atoms with Gasteiger partial charge in [-0.2, -0.15) is 0 Å². The molecule has 1 aromatic heterocycles. The molecule has 0 spiro atoms. The number of H-pyrrole nitrogens is 1. The Morgan fingerprint density at radius 3 is 2.67 bits per heavy atom. The number of aromatic nitrogens is 1. The van der Waals surface area contributed by atoms with Crippen LogP contribution in [0.25, 0.3) is 10.9 Å². The second-order valence-electron chi connectivity index (χ2n) is 5.99. The van der Waals surface area contributed by atoms with E-state index in [-0.39, 0.29) is 17.8 Å². The van der Waals surface area contributed by atoms with Gasteiger partial charge in [-0.05, 0) is 29.3 Å². The lowest BCUT2D eigenvalue weighted by atomic mass is 9.90. The van der Waals surface area contributed by atoms with Crippen molar-refractivity contribution in [2.24, 2.45) is 0 Å². The molecule has 0 radical (unpaired) electrons. The van der Waals surface area contributed by atoms with E-state index in [1.807, 2.05) is 24.3 Å². The van der Waals surface area contributed by atoms with Crippen molar-refractivity contribution in [2.45, 2.75) is 18.5 Å². The Morgan fingerprint density at radius 2 is 1.92 bits per heavy atom. The van der Waals surface area contributed by atoms with E-state index in [2.05, 4.69) is 10.3 Å². The number of nitrogens with one attached hydrogen (secondary N) is 2. The van der Waals surface area contributed by atoms with Crippen molar-refractivity contribution >= 4 is 16.9 Å². The van der Waals surface area contributed by atoms with E-state index in [0.29, 0.717) is 6.42 Å². The van der Waals surface area contributed by atoms with Gasteiger partial charge in [0.15, 0.2) is 0 Å². The molecule has 0 saturated carbocycles. The Kier molecular flexibility index (Phi) is 3.58. The van der Waals surface area contributed by atoms with Gasteiger partial charge in [-0.25, -0.2) is 4.39 Å². The van der Waals surface area contributed by atoms with Gasteiger partial charge in [0.2, 0.25) is 0 Å². The first-order chi connectivity index (χ1) is 11.7. The number of esters is 1. The van der Waals surface area contributed by atoms with Crippen molar-refractivity contribution in [3.8, 4) is 0 Å². The number of ether oxygens (including phenoxy) is 1. The van der Waals surface area contributed by atoms with Gasteiger partial charge in [0, 0.05) is 23.0 Å². The molecular weight excluding hydrogens is 307 g/mol. The quantitative estimate of drug-likeness (QED) is 0.712. The van der Waals surface area contributed by atoms with E-state index in [1.54, 1.807) is 12.1 Å². The Hall–Kier alpha value is -2.66. The molecule has 5 heteroatoms.